The quantitative estimate of drug-likeness (QED) is 0.211. The highest BCUT2D eigenvalue weighted by atomic mass is 16.5. The van der Waals surface area contributed by atoms with E-state index in [4.69, 9.17) is 4.74 Å². The predicted molar refractivity (Wildman–Crippen MR) is 149 cm³/mol. The Morgan fingerprint density at radius 1 is 1.00 bits per heavy atom. The van der Waals surface area contributed by atoms with Crippen molar-refractivity contribution in [2.45, 2.75) is 20.0 Å². The molecule has 2 aromatic carbocycles. The first-order chi connectivity index (χ1) is 17.9. The van der Waals surface area contributed by atoms with E-state index in [1.807, 2.05) is 85.8 Å². The summed E-state index contributed by atoms with van der Waals surface area (Å²) < 4.78 is 5.36. The van der Waals surface area contributed by atoms with Gasteiger partial charge in [0.1, 0.15) is 12.4 Å². The summed E-state index contributed by atoms with van der Waals surface area (Å²) >= 11 is 0. The first-order valence-corrected chi connectivity index (χ1v) is 12.0. The average molecular weight is 502 g/mol. The summed E-state index contributed by atoms with van der Waals surface area (Å²) in [5.41, 5.74) is 3.04. The number of Topliss-reactive ketones (excluding diaryl/α,β-unsaturated/α-hetero) is 1. The van der Waals surface area contributed by atoms with Gasteiger partial charge in [0.25, 0.3) is 0 Å². The van der Waals surface area contributed by atoms with E-state index in [-0.39, 0.29) is 37.7 Å². The normalized spacial score (nSPS) is 12.6. The molecular formula is C30H35N3O4. The maximum atomic E-state index is 12.6. The van der Waals surface area contributed by atoms with E-state index in [0.717, 1.165) is 16.7 Å². The number of ketones is 1. The largest absolute Gasteiger partial charge is 0.509 e. The minimum atomic E-state index is -0.673. The Bertz CT molecular complexity index is 1140. The standard InChI is InChI=1S/C30H35N3O4/c1-4-5-8-13-24(2)20-33(21-27(34)19-31-3)22-29(35)28(18-25-14-9-6-10-15-25)32-30(36)37-23-26-16-11-7-12-17-26/h4-17,19,35H,1,18,20-23H2,2-3H3,(H,32,36)/b8-5-,24-13+,29-28-,31-19+. The highest BCUT2D eigenvalue weighted by Crippen LogP contribution is 2.12. The third-order valence-corrected chi connectivity index (χ3v) is 5.16. The van der Waals surface area contributed by atoms with Gasteiger partial charge < -0.3 is 9.84 Å². The minimum absolute atomic E-state index is 0.0424. The number of aliphatic imine (C=N–C) groups is 1. The predicted octanol–water partition coefficient (Wildman–Crippen LogP) is 5.19. The fraction of sp³-hybridized carbons (Fsp3) is 0.233. The summed E-state index contributed by atoms with van der Waals surface area (Å²) in [5, 5.41) is 13.8. The van der Waals surface area contributed by atoms with Crippen LogP contribution in [-0.2, 0) is 22.6 Å². The Morgan fingerprint density at radius 2 is 1.65 bits per heavy atom. The molecule has 0 saturated heterocycles. The lowest BCUT2D eigenvalue weighted by molar-refractivity contribution is -0.113. The SMILES string of the molecule is C=C/C=C\C=C(/C)CN(CC(=O)/C=N/C)C/C(O)=C(\Cc1ccccc1)NC(=O)OCc1ccccc1. The van der Waals surface area contributed by atoms with E-state index >= 15 is 0 Å². The Morgan fingerprint density at radius 3 is 2.27 bits per heavy atom. The smallest absolute Gasteiger partial charge is 0.411 e. The van der Waals surface area contributed by atoms with Crippen LogP contribution in [0.25, 0.3) is 0 Å². The van der Waals surface area contributed by atoms with Crippen LogP contribution in [0, 0.1) is 0 Å². The number of allylic oxidation sites excluding steroid dienone is 5. The number of benzene rings is 2. The molecule has 7 nitrogen and oxygen atoms in total. The van der Waals surface area contributed by atoms with Gasteiger partial charge in [-0.2, -0.15) is 0 Å². The van der Waals surface area contributed by atoms with E-state index in [1.54, 1.807) is 11.0 Å². The lowest BCUT2D eigenvalue weighted by atomic mass is 10.1. The maximum absolute atomic E-state index is 12.6. The van der Waals surface area contributed by atoms with E-state index in [1.165, 1.54) is 13.3 Å². The molecule has 194 valence electrons. The van der Waals surface area contributed by atoms with Crippen LogP contribution >= 0.6 is 0 Å². The first-order valence-electron chi connectivity index (χ1n) is 12.0. The number of nitrogens with one attached hydrogen (secondary N) is 1. The number of carbonyl (C=O) groups excluding carboxylic acids is 2. The molecule has 2 rings (SSSR count). The van der Waals surface area contributed by atoms with Crippen LogP contribution in [-0.4, -0.2) is 54.8 Å². The maximum Gasteiger partial charge on any atom is 0.411 e. The van der Waals surface area contributed by atoms with Crippen LogP contribution < -0.4 is 5.32 Å². The number of rotatable bonds is 14. The summed E-state index contributed by atoms with van der Waals surface area (Å²) in [4.78, 5) is 30.5. The van der Waals surface area contributed by atoms with E-state index in [9.17, 15) is 14.7 Å². The lowest BCUT2D eigenvalue weighted by Crippen LogP contribution is -2.35. The molecule has 0 aromatic heterocycles. The fourth-order valence-electron chi connectivity index (χ4n) is 3.48. The van der Waals surface area contributed by atoms with Gasteiger partial charge in [0.2, 0.25) is 0 Å². The number of aliphatic hydroxyl groups excluding tert-OH is 1. The Balaban J connectivity index is 2.24. The number of alkyl carbamates (subject to hydrolysis) is 1. The second kappa shape index (κ2) is 16.4. The van der Waals surface area contributed by atoms with Crippen LogP contribution in [0.3, 0.4) is 0 Å². The van der Waals surface area contributed by atoms with Crippen molar-refractivity contribution >= 4 is 18.1 Å². The molecule has 0 saturated carbocycles. The zero-order valence-corrected chi connectivity index (χ0v) is 21.5. The Kier molecular flexibility index (Phi) is 12.9. The van der Waals surface area contributed by atoms with Crippen LogP contribution in [0.15, 0.2) is 114 Å². The second-order valence-corrected chi connectivity index (χ2v) is 8.41. The molecule has 7 heteroatoms. The van der Waals surface area contributed by atoms with Gasteiger partial charge in [0.05, 0.1) is 25.0 Å². The Labute approximate surface area is 219 Å². The van der Waals surface area contributed by atoms with Gasteiger partial charge in [0, 0.05) is 20.0 Å². The summed E-state index contributed by atoms with van der Waals surface area (Å²) in [7, 11) is 1.54. The molecule has 0 aliphatic heterocycles. The number of hydrogen-bond acceptors (Lipinski definition) is 6. The molecule has 0 radical (unpaired) electrons. The van der Waals surface area contributed by atoms with Gasteiger partial charge in [-0.15, -0.1) is 0 Å². The van der Waals surface area contributed by atoms with Crippen molar-refractivity contribution in [1.29, 1.82) is 0 Å². The van der Waals surface area contributed by atoms with Crippen molar-refractivity contribution in [3.63, 3.8) is 0 Å². The Hall–Kier alpha value is -4.23. The van der Waals surface area contributed by atoms with E-state index in [2.05, 4.69) is 16.9 Å². The highest BCUT2D eigenvalue weighted by molar-refractivity contribution is 6.28. The molecule has 0 heterocycles. The van der Waals surface area contributed by atoms with Gasteiger partial charge in [-0.05, 0) is 18.1 Å². The molecule has 0 aliphatic carbocycles. The van der Waals surface area contributed by atoms with E-state index in [0.29, 0.717) is 12.2 Å². The van der Waals surface area contributed by atoms with Crippen molar-refractivity contribution in [3.05, 3.63) is 120 Å². The third kappa shape index (κ3) is 11.8. The third-order valence-electron chi connectivity index (χ3n) is 5.16. The number of ether oxygens (including phenoxy) is 1. The van der Waals surface area contributed by atoms with Crippen LogP contribution in [0.2, 0.25) is 0 Å². The molecule has 0 aliphatic rings. The van der Waals surface area contributed by atoms with Crippen LogP contribution in [0.1, 0.15) is 18.1 Å². The average Bonchev–Trinajstić information content (AvgIpc) is 2.88. The lowest BCUT2D eigenvalue weighted by Gasteiger charge is -2.22. The molecule has 0 atom stereocenters. The van der Waals surface area contributed by atoms with Gasteiger partial charge in [0.15, 0.2) is 5.78 Å². The second-order valence-electron chi connectivity index (χ2n) is 8.41. The van der Waals surface area contributed by atoms with Crippen molar-refractivity contribution in [2.24, 2.45) is 4.99 Å². The summed E-state index contributed by atoms with van der Waals surface area (Å²) in [6, 6.07) is 18.8. The zero-order valence-electron chi connectivity index (χ0n) is 21.5. The topological polar surface area (TPSA) is 91.2 Å². The monoisotopic (exact) mass is 501 g/mol. The molecule has 1 amide bonds. The first kappa shape index (κ1) is 29.0. The van der Waals surface area contributed by atoms with E-state index < -0.39 is 6.09 Å². The molecule has 2 aromatic rings. The zero-order chi connectivity index (χ0) is 26.9. The van der Waals surface area contributed by atoms with Gasteiger partial charge in [-0.25, -0.2) is 4.79 Å². The molecule has 2 N–H and O–H groups in total. The van der Waals surface area contributed by atoms with Crippen LogP contribution in [0.4, 0.5) is 4.79 Å². The van der Waals surface area contributed by atoms with Crippen molar-refractivity contribution in [3.8, 4) is 0 Å². The summed E-state index contributed by atoms with van der Waals surface area (Å²) in [6.45, 7) is 6.21. The number of amides is 1. The molecule has 0 fully saturated rings. The molecule has 0 bridgehead atoms. The highest BCUT2D eigenvalue weighted by Gasteiger charge is 2.17. The number of aliphatic hydroxyl groups is 1. The fourth-order valence-corrected chi connectivity index (χ4v) is 3.48. The number of nitrogens with zero attached hydrogens (tertiary/aromatic N) is 2. The van der Waals surface area contributed by atoms with Crippen molar-refractivity contribution in [1.82, 2.24) is 10.2 Å². The number of carbonyl (C=O) groups is 2. The van der Waals surface area contributed by atoms with Crippen molar-refractivity contribution in [2.75, 3.05) is 26.7 Å². The summed E-state index contributed by atoms with van der Waals surface area (Å²) in [5.74, 6) is -0.249. The summed E-state index contributed by atoms with van der Waals surface area (Å²) in [6.07, 6.45) is 8.12. The molecular weight excluding hydrogens is 466 g/mol. The van der Waals surface area contributed by atoms with Crippen molar-refractivity contribution < 1.29 is 19.4 Å². The number of hydrogen-bond donors (Lipinski definition) is 2. The molecule has 0 spiro atoms. The van der Waals surface area contributed by atoms with Crippen LogP contribution in [0.5, 0.6) is 0 Å². The van der Waals surface area contributed by atoms with Gasteiger partial charge in [-0.1, -0.05) is 97.1 Å². The van der Waals surface area contributed by atoms with Gasteiger partial charge in [-0.3, -0.25) is 20.0 Å². The molecule has 37 heavy (non-hydrogen) atoms. The minimum Gasteiger partial charge on any atom is -0.509 e. The molecule has 0 unspecified atom stereocenters. The van der Waals surface area contributed by atoms with Gasteiger partial charge >= 0.3 is 6.09 Å².